The Kier molecular flexibility index (Phi) is 4.07. The van der Waals surface area contributed by atoms with Gasteiger partial charge in [0, 0.05) is 24.1 Å². The first kappa shape index (κ1) is 14.8. The predicted molar refractivity (Wildman–Crippen MR) is 72.2 cm³/mol. The molecule has 2 aromatic rings. The molecule has 0 radical (unpaired) electrons. The lowest BCUT2D eigenvalue weighted by Gasteiger charge is -2.05. The molecule has 0 bridgehead atoms. The first-order chi connectivity index (χ1) is 9.88. The zero-order valence-corrected chi connectivity index (χ0v) is 11.1. The van der Waals surface area contributed by atoms with Crippen LogP contribution in [0.1, 0.15) is 21.5 Å². The minimum absolute atomic E-state index is 0.154. The monoisotopic (exact) mass is 291 g/mol. The van der Waals surface area contributed by atoms with Gasteiger partial charge in [-0.05, 0) is 30.2 Å². The Morgan fingerprint density at radius 2 is 1.86 bits per heavy atom. The van der Waals surface area contributed by atoms with Gasteiger partial charge >= 0.3 is 0 Å². The molecule has 2 rings (SSSR count). The minimum atomic E-state index is -1.03. The molecule has 0 amide bonds. The Labute approximate surface area is 119 Å². The molecule has 0 saturated carbocycles. The van der Waals surface area contributed by atoms with Crippen LogP contribution in [0.15, 0.2) is 36.4 Å². The van der Waals surface area contributed by atoms with Crippen LogP contribution in [-0.4, -0.2) is 10.7 Å². The number of nitrogens with zero attached hydrogens (tertiary/aromatic N) is 1. The zero-order valence-electron chi connectivity index (χ0n) is 11.1. The summed E-state index contributed by atoms with van der Waals surface area (Å²) in [6, 6.07) is 7.18. The molecule has 0 saturated heterocycles. The van der Waals surface area contributed by atoms with E-state index in [0.29, 0.717) is 11.1 Å². The standard InChI is InChI=1S/C15H11F2NO3/c1-9-2-4-11(18(20)21)8-12(9)15(19)7-10-3-5-13(16)14(17)6-10/h2-6,8H,7H2,1H3. The van der Waals surface area contributed by atoms with Crippen molar-refractivity contribution >= 4 is 11.5 Å². The number of benzene rings is 2. The second-order valence-electron chi connectivity index (χ2n) is 4.60. The fraction of sp³-hybridized carbons (Fsp3) is 0.133. The van der Waals surface area contributed by atoms with Gasteiger partial charge in [-0.15, -0.1) is 0 Å². The topological polar surface area (TPSA) is 60.2 Å². The number of hydrogen-bond acceptors (Lipinski definition) is 3. The Bertz CT molecular complexity index is 729. The smallest absolute Gasteiger partial charge is 0.270 e. The van der Waals surface area contributed by atoms with Gasteiger partial charge < -0.3 is 0 Å². The third-order valence-corrected chi connectivity index (χ3v) is 3.08. The SMILES string of the molecule is Cc1ccc([N+](=O)[O-])cc1C(=O)Cc1ccc(F)c(F)c1. The van der Waals surface area contributed by atoms with Gasteiger partial charge in [-0.2, -0.15) is 0 Å². The first-order valence-corrected chi connectivity index (χ1v) is 6.10. The molecule has 0 spiro atoms. The number of carbonyl (C=O) groups is 1. The third-order valence-electron chi connectivity index (χ3n) is 3.08. The van der Waals surface area contributed by atoms with Gasteiger partial charge in [-0.1, -0.05) is 12.1 Å². The molecule has 0 aliphatic rings. The number of nitro groups is 1. The van der Waals surface area contributed by atoms with E-state index >= 15 is 0 Å². The van der Waals surface area contributed by atoms with E-state index in [0.717, 1.165) is 12.1 Å². The van der Waals surface area contributed by atoms with Crippen molar-refractivity contribution in [3.05, 3.63) is 74.8 Å². The summed E-state index contributed by atoms with van der Waals surface area (Å²) in [6.07, 6.45) is -0.154. The number of Topliss-reactive ketones (excluding diaryl/α,β-unsaturated/α-hetero) is 1. The van der Waals surface area contributed by atoms with Crippen LogP contribution in [0, 0.1) is 28.7 Å². The van der Waals surface area contributed by atoms with Crippen molar-refractivity contribution in [1.29, 1.82) is 0 Å². The zero-order chi connectivity index (χ0) is 15.6. The number of rotatable bonds is 4. The average molecular weight is 291 g/mol. The Hall–Kier alpha value is -2.63. The molecule has 0 heterocycles. The molecule has 108 valence electrons. The van der Waals surface area contributed by atoms with Gasteiger partial charge in [0.25, 0.3) is 5.69 Å². The summed E-state index contributed by atoms with van der Waals surface area (Å²) < 4.78 is 25.9. The normalized spacial score (nSPS) is 10.4. The van der Waals surface area contributed by atoms with Crippen LogP contribution in [0.25, 0.3) is 0 Å². The van der Waals surface area contributed by atoms with Gasteiger partial charge in [0.05, 0.1) is 4.92 Å². The lowest BCUT2D eigenvalue weighted by atomic mass is 9.98. The van der Waals surface area contributed by atoms with Crippen molar-refractivity contribution in [2.45, 2.75) is 13.3 Å². The van der Waals surface area contributed by atoms with Crippen molar-refractivity contribution in [1.82, 2.24) is 0 Å². The Balaban J connectivity index is 2.29. The lowest BCUT2D eigenvalue weighted by molar-refractivity contribution is -0.384. The molecule has 0 aromatic heterocycles. The summed E-state index contributed by atoms with van der Waals surface area (Å²) in [7, 11) is 0. The number of hydrogen-bond donors (Lipinski definition) is 0. The molecule has 0 N–H and O–H groups in total. The number of carbonyl (C=O) groups excluding carboxylic acids is 1. The van der Waals surface area contributed by atoms with Crippen LogP contribution in [0.5, 0.6) is 0 Å². The van der Waals surface area contributed by atoms with E-state index in [1.807, 2.05) is 0 Å². The van der Waals surface area contributed by atoms with Crippen LogP contribution in [0.2, 0.25) is 0 Å². The van der Waals surface area contributed by atoms with Gasteiger partial charge in [0.15, 0.2) is 17.4 Å². The van der Waals surface area contributed by atoms with E-state index in [2.05, 4.69) is 0 Å². The van der Waals surface area contributed by atoms with Gasteiger partial charge in [-0.25, -0.2) is 8.78 Å². The van der Waals surface area contributed by atoms with E-state index in [1.54, 1.807) is 6.92 Å². The van der Waals surface area contributed by atoms with E-state index < -0.39 is 16.6 Å². The molecule has 0 fully saturated rings. The number of ketones is 1. The molecule has 0 atom stereocenters. The summed E-state index contributed by atoms with van der Waals surface area (Å²) in [6.45, 7) is 1.65. The van der Waals surface area contributed by atoms with Crippen molar-refractivity contribution in [3.8, 4) is 0 Å². The molecule has 0 aliphatic heterocycles. The Morgan fingerprint density at radius 3 is 2.48 bits per heavy atom. The van der Waals surface area contributed by atoms with Crippen LogP contribution in [-0.2, 0) is 6.42 Å². The molecule has 2 aromatic carbocycles. The Morgan fingerprint density at radius 1 is 1.14 bits per heavy atom. The largest absolute Gasteiger partial charge is 0.294 e. The molecular weight excluding hydrogens is 280 g/mol. The number of halogens is 2. The van der Waals surface area contributed by atoms with Gasteiger partial charge in [0.1, 0.15) is 0 Å². The summed E-state index contributed by atoms with van der Waals surface area (Å²) >= 11 is 0. The van der Waals surface area contributed by atoms with Crippen molar-refractivity contribution in [2.75, 3.05) is 0 Å². The van der Waals surface area contributed by atoms with Crippen LogP contribution in [0.3, 0.4) is 0 Å². The number of non-ortho nitro benzene ring substituents is 1. The quantitative estimate of drug-likeness (QED) is 0.491. The summed E-state index contributed by atoms with van der Waals surface area (Å²) in [4.78, 5) is 22.3. The second-order valence-corrected chi connectivity index (χ2v) is 4.60. The van der Waals surface area contributed by atoms with E-state index in [-0.39, 0.29) is 23.5 Å². The molecule has 4 nitrogen and oxygen atoms in total. The molecule has 0 aliphatic carbocycles. The van der Waals surface area contributed by atoms with Crippen LogP contribution >= 0.6 is 0 Å². The average Bonchev–Trinajstić information content (AvgIpc) is 2.43. The molecule has 0 unspecified atom stereocenters. The first-order valence-electron chi connectivity index (χ1n) is 6.10. The summed E-state index contributed by atoms with van der Waals surface area (Å²) in [5.74, 6) is -2.41. The summed E-state index contributed by atoms with van der Waals surface area (Å²) in [5, 5.41) is 10.7. The molecular formula is C15H11F2NO3. The maximum atomic E-state index is 13.1. The number of nitro benzene ring substituents is 1. The van der Waals surface area contributed by atoms with Crippen LogP contribution < -0.4 is 0 Å². The summed E-state index contributed by atoms with van der Waals surface area (Å²) in [5.41, 5.74) is 0.918. The maximum absolute atomic E-state index is 13.1. The highest BCUT2D eigenvalue weighted by atomic mass is 19.2. The van der Waals surface area contributed by atoms with Crippen LogP contribution in [0.4, 0.5) is 14.5 Å². The highest BCUT2D eigenvalue weighted by molar-refractivity contribution is 5.99. The van der Waals surface area contributed by atoms with Gasteiger partial charge in [0.2, 0.25) is 0 Å². The predicted octanol–water partition coefficient (Wildman–Crippen LogP) is 3.61. The number of aryl methyl sites for hydroxylation is 1. The fourth-order valence-corrected chi connectivity index (χ4v) is 1.95. The lowest BCUT2D eigenvalue weighted by Crippen LogP contribution is -2.07. The van der Waals surface area contributed by atoms with E-state index in [9.17, 15) is 23.7 Å². The van der Waals surface area contributed by atoms with Crippen molar-refractivity contribution < 1.29 is 18.5 Å². The molecule has 21 heavy (non-hydrogen) atoms. The highest BCUT2D eigenvalue weighted by Gasteiger charge is 2.15. The molecule has 6 heteroatoms. The van der Waals surface area contributed by atoms with Crippen molar-refractivity contribution in [3.63, 3.8) is 0 Å². The van der Waals surface area contributed by atoms with E-state index in [4.69, 9.17) is 0 Å². The van der Waals surface area contributed by atoms with E-state index in [1.165, 1.54) is 24.3 Å². The highest BCUT2D eigenvalue weighted by Crippen LogP contribution is 2.19. The maximum Gasteiger partial charge on any atom is 0.270 e. The van der Waals surface area contributed by atoms with Gasteiger partial charge in [-0.3, -0.25) is 14.9 Å². The third kappa shape index (κ3) is 3.28. The second kappa shape index (κ2) is 5.78. The van der Waals surface area contributed by atoms with Crippen molar-refractivity contribution in [2.24, 2.45) is 0 Å². The minimum Gasteiger partial charge on any atom is -0.294 e. The fourth-order valence-electron chi connectivity index (χ4n) is 1.95.